The lowest BCUT2D eigenvalue weighted by atomic mass is 9.93. The molecule has 0 atom stereocenters. The van der Waals surface area contributed by atoms with Gasteiger partial charge in [0.15, 0.2) is 0 Å². The molecule has 1 N–H and O–H groups in total. The van der Waals surface area contributed by atoms with Crippen LogP contribution in [-0.2, 0) is 11.3 Å². The van der Waals surface area contributed by atoms with Crippen LogP contribution in [0.4, 0.5) is 4.39 Å². The molecule has 4 rings (SSSR count). The number of fused-ring (bicyclic) bond motifs is 1. The maximum atomic E-state index is 13.2. The fraction of sp³-hybridized carbons (Fsp3) is 0.150. The molecule has 3 aromatic rings. The zero-order valence-corrected chi connectivity index (χ0v) is 14.1. The first-order chi connectivity index (χ1) is 12.1. The molecule has 1 aliphatic carbocycles. The first kappa shape index (κ1) is 16.1. The third-order valence-corrected chi connectivity index (χ3v) is 5.10. The van der Waals surface area contributed by atoms with Crippen LogP contribution in [0.25, 0.3) is 10.2 Å². The lowest BCUT2D eigenvalue weighted by molar-refractivity contribution is -0.139. The van der Waals surface area contributed by atoms with E-state index in [9.17, 15) is 9.50 Å². The molecule has 0 radical (unpaired) electrons. The standard InChI is InChI=1S/C20H16FNO2S/c21-16-6-7-18-17(12-16)22-19(25-18)13-24-20(23)10-8-15(9-11-20)14-4-2-1-3-5-14/h1-12,15,23H,13H2. The molecule has 1 heterocycles. The van der Waals surface area contributed by atoms with Gasteiger partial charge in [0, 0.05) is 12.0 Å². The van der Waals surface area contributed by atoms with E-state index in [1.54, 1.807) is 18.2 Å². The summed E-state index contributed by atoms with van der Waals surface area (Å²) in [5.74, 6) is -1.64. The van der Waals surface area contributed by atoms with E-state index in [0.29, 0.717) is 10.5 Å². The molecule has 1 aromatic heterocycles. The topological polar surface area (TPSA) is 42.4 Å². The Balaban J connectivity index is 1.44. The van der Waals surface area contributed by atoms with Gasteiger partial charge >= 0.3 is 0 Å². The minimum atomic E-state index is -1.45. The van der Waals surface area contributed by atoms with E-state index in [0.717, 1.165) is 10.3 Å². The number of aromatic nitrogens is 1. The second-order valence-corrected chi connectivity index (χ2v) is 7.03. The quantitative estimate of drug-likeness (QED) is 0.553. The molecule has 0 saturated carbocycles. The number of benzene rings is 2. The number of rotatable bonds is 4. The van der Waals surface area contributed by atoms with E-state index in [-0.39, 0.29) is 18.3 Å². The van der Waals surface area contributed by atoms with E-state index in [2.05, 4.69) is 4.98 Å². The molecule has 126 valence electrons. The predicted molar refractivity (Wildman–Crippen MR) is 96.8 cm³/mol. The lowest BCUT2D eigenvalue weighted by Crippen LogP contribution is -2.29. The normalized spacial score (nSPS) is 22.6. The van der Waals surface area contributed by atoms with Crippen molar-refractivity contribution >= 4 is 21.6 Å². The van der Waals surface area contributed by atoms with Gasteiger partial charge in [-0.1, -0.05) is 42.5 Å². The Labute approximate surface area is 148 Å². The summed E-state index contributed by atoms with van der Waals surface area (Å²) in [6.07, 6.45) is 7.14. The van der Waals surface area contributed by atoms with Crippen LogP contribution < -0.4 is 0 Å². The zero-order valence-electron chi connectivity index (χ0n) is 13.3. The molecule has 25 heavy (non-hydrogen) atoms. The van der Waals surface area contributed by atoms with E-state index in [1.807, 2.05) is 42.5 Å². The van der Waals surface area contributed by atoms with Crippen LogP contribution in [0, 0.1) is 5.82 Å². The summed E-state index contributed by atoms with van der Waals surface area (Å²) in [5.41, 5.74) is 1.76. The number of aliphatic hydroxyl groups is 1. The van der Waals surface area contributed by atoms with Gasteiger partial charge in [-0.2, -0.15) is 0 Å². The van der Waals surface area contributed by atoms with Gasteiger partial charge in [0.1, 0.15) is 17.4 Å². The number of allylic oxidation sites excluding steroid dienone is 2. The van der Waals surface area contributed by atoms with Crippen LogP contribution in [0.15, 0.2) is 72.8 Å². The largest absolute Gasteiger partial charge is 0.359 e. The van der Waals surface area contributed by atoms with Gasteiger partial charge in [-0.3, -0.25) is 0 Å². The van der Waals surface area contributed by atoms with Crippen molar-refractivity contribution in [2.24, 2.45) is 0 Å². The molecule has 0 amide bonds. The van der Waals surface area contributed by atoms with Crippen LogP contribution in [0.5, 0.6) is 0 Å². The molecule has 0 saturated heterocycles. The molecule has 0 unspecified atom stereocenters. The fourth-order valence-corrected chi connectivity index (χ4v) is 3.64. The minimum absolute atomic E-state index is 0.121. The molecule has 0 aliphatic heterocycles. The summed E-state index contributed by atoms with van der Waals surface area (Å²) in [5, 5.41) is 11.2. The van der Waals surface area contributed by atoms with Gasteiger partial charge in [-0.15, -0.1) is 11.3 Å². The molecule has 2 aromatic carbocycles. The second kappa shape index (κ2) is 6.52. The zero-order chi connectivity index (χ0) is 17.3. The summed E-state index contributed by atoms with van der Waals surface area (Å²) >= 11 is 1.43. The Morgan fingerprint density at radius 3 is 2.64 bits per heavy atom. The summed E-state index contributed by atoms with van der Waals surface area (Å²) in [6.45, 7) is 0.155. The molecule has 0 bridgehead atoms. The maximum absolute atomic E-state index is 13.2. The summed E-state index contributed by atoms with van der Waals surface area (Å²) in [4.78, 5) is 4.35. The number of nitrogens with zero attached hydrogens (tertiary/aromatic N) is 1. The van der Waals surface area contributed by atoms with E-state index in [1.165, 1.54) is 23.5 Å². The molecule has 5 heteroatoms. The summed E-state index contributed by atoms with van der Waals surface area (Å²) in [6, 6.07) is 14.6. The van der Waals surface area contributed by atoms with Gasteiger partial charge < -0.3 is 9.84 Å². The van der Waals surface area contributed by atoms with Crippen molar-refractivity contribution in [3.63, 3.8) is 0 Å². The van der Waals surface area contributed by atoms with Crippen molar-refractivity contribution in [3.05, 3.63) is 89.2 Å². The van der Waals surface area contributed by atoms with Crippen LogP contribution in [0.3, 0.4) is 0 Å². The van der Waals surface area contributed by atoms with Gasteiger partial charge in [-0.25, -0.2) is 9.37 Å². The van der Waals surface area contributed by atoms with Gasteiger partial charge in [0.05, 0.1) is 10.2 Å². The van der Waals surface area contributed by atoms with Crippen LogP contribution in [0.1, 0.15) is 16.5 Å². The smallest absolute Gasteiger partial charge is 0.205 e. The lowest BCUT2D eigenvalue weighted by Gasteiger charge is -2.25. The minimum Gasteiger partial charge on any atom is -0.359 e. The number of thiazole rings is 1. The molecular weight excluding hydrogens is 337 g/mol. The molecule has 0 spiro atoms. The number of hydrogen-bond donors (Lipinski definition) is 1. The van der Waals surface area contributed by atoms with Gasteiger partial charge in [-0.05, 0) is 29.8 Å². The average Bonchev–Trinajstić information content (AvgIpc) is 3.04. The Morgan fingerprint density at radius 2 is 1.88 bits per heavy atom. The van der Waals surface area contributed by atoms with Crippen molar-refractivity contribution in [1.82, 2.24) is 4.98 Å². The third-order valence-electron chi connectivity index (χ3n) is 4.09. The average molecular weight is 353 g/mol. The van der Waals surface area contributed by atoms with Crippen LogP contribution in [-0.4, -0.2) is 15.9 Å². The van der Waals surface area contributed by atoms with Crippen molar-refractivity contribution in [3.8, 4) is 0 Å². The summed E-state index contributed by atoms with van der Waals surface area (Å²) < 4.78 is 19.8. The Hall–Kier alpha value is -2.34. The molecule has 0 fully saturated rings. The number of hydrogen-bond acceptors (Lipinski definition) is 4. The summed E-state index contributed by atoms with van der Waals surface area (Å²) in [7, 11) is 0. The van der Waals surface area contributed by atoms with E-state index in [4.69, 9.17) is 4.74 Å². The highest BCUT2D eigenvalue weighted by Gasteiger charge is 2.25. The highest BCUT2D eigenvalue weighted by atomic mass is 32.1. The Morgan fingerprint density at radius 1 is 1.12 bits per heavy atom. The highest BCUT2D eigenvalue weighted by Crippen LogP contribution is 2.29. The van der Waals surface area contributed by atoms with Crippen LogP contribution >= 0.6 is 11.3 Å². The Kier molecular flexibility index (Phi) is 4.21. The van der Waals surface area contributed by atoms with Gasteiger partial charge in [0.25, 0.3) is 0 Å². The monoisotopic (exact) mass is 353 g/mol. The van der Waals surface area contributed by atoms with Crippen molar-refractivity contribution < 1.29 is 14.2 Å². The predicted octanol–water partition coefficient (Wildman–Crippen LogP) is 4.55. The van der Waals surface area contributed by atoms with Crippen molar-refractivity contribution in [1.29, 1.82) is 0 Å². The SMILES string of the molecule is OC1(OCc2nc3cc(F)ccc3s2)C=CC(c2ccccc2)C=C1. The molecular formula is C20H16FNO2S. The molecule has 3 nitrogen and oxygen atoms in total. The first-order valence-corrected chi connectivity index (χ1v) is 8.78. The van der Waals surface area contributed by atoms with E-state index < -0.39 is 5.79 Å². The Bertz CT molecular complexity index is 935. The maximum Gasteiger partial charge on any atom is 0.205 e. The molecule has 1 aliphatic rings. The van der Waals surface area contributed by atoms with Gasteiger partial charge in [0.2, 0.25) is 5.79 Å². The number of halogens is 1. The first-order valence-electron chi connectivity index (χ1n) is 7.96. The van der Waals surface area contributed by atoms with Crippen molar-refractivity contribution in [2.45, 2.75) is 18.3 Å². The number of ether oxygens (including phenoxy) is 1. The van der Waals surface area contributed by atoms with Crippen LogP contribution in [0.2, 0.25) is 0 Å². The fourth-order valence-electron chi connectivity index (χ4n) is 2.78. The van der Waals surface area contributed by atoms with E-state index >= 15 is 0 Å². The van der Waals surface area contributed by atoms with Crippen molar-refractivity contribution in [2.75, 3.05) is 0 Å². The second-order valence-electron chi connectivity index (χ2n) is 5.91. The third kappa shape index (κ3) is 3.54. The highest BCUT2D eigenvalue weighted by molar-refractivity contribution is 7.18.